The van der Waals surface area contributed by atoms with Gasteiger partial charge in [-0.25, -0.2) is 4.98 Å². The molecule has 3 heterocycles. The molecule has 7 heteroatoms. The fraction of sp³-hybridized carbons (Fsp3) is 0.312. The van der Waals surface area contributed by atoms with Crippen LogP contribution in [0, 0.1) is 16.7 Å². The fourth-order valence-electron chi connectivity index (χ4n) is 3.09. The maximum atomic E-state index is 9.58. The molecule has 0 radical (unpaired) electrons. The van der Waals surface area contributed by atoms with Crippen LogP contribution in [-0.2, 0) is 0 Å². The smallest absolute Gasteiger partial charge is 0.198 e. The van der Waals surface area contributed by atoms with Crippen molar-refractivity contribution in [2.75, 3.05) is 18.0 Å². The van der Waals surface area contributed by atoms with Crippen LogP contribution in [0.25, 0.3) is 15.2 Å². The molecule has 1 N–H and O–H groups in total. The second-order valence-electron chi connectivity index (χ2n) is 5.65. The van der Waals surface area contributed by atoms with Crippen LogP contribution in [0.4, 0.5) is 5.82 Å². The standard InChI is InChI=1S/C16H14ClN5S/c17-10-4-5-12-13(8-10)23-16-20-15(21-6-2-1-3-7-21)11(9-18)14(19)22(12)16/h4-5,8,19H,1-3,6-7H2. The molecule has 5 nitrogen and oxygen atoms in total. The van der Waals surface area contributed by atoms with Crippen LogP contribution in [0.2, 0.25) is 5.02 Å². The summed E-state index contributed by atoms with van der Waals surface area (Å²) in [4.78, 5) is 7.58. The number of fused-ring (bicyclic) bond motifs is 3. The van der Waals surface area contributed by atoms with E-state index in [2.05, 4.69) is 11.0 Å². The molecule has 0 unspecified atom stereocenters. The molecule has 0 bridgehead atoms. The third kappa shape index (κ3) is 2.28. The minimum Gasteiger partial charge on any atom is -0.355 e. The Morgan fingerprint density at radius 3 is 2.78 bits per heavy atom. The highest BCUT2D eigenvalue weighted by atomic mass is 35.5. The average Bonchev–Trinajstić information content (AvgIpc) is 2.93. The van der Waals surface area contributed by atoms with Crippen molar-refractivity contribution in [1.82, 2.24) is 9.38 Å². The second kappa shape index (κ2) is 5.52. The third-order valence-electron chi connectivity index (χ3n) is 4.21. The van der Waals surface area contributed by atoms with Gasteiger partial charge in [0.1, 0.15) is 11.6 Å². The van der Waals surface area contributed by atoms with E-state index in [9.17, 15) is 5.26 Å². The van der Waals surface area contributed by atoms with E-state index in [1.807, 2.05) is 12.1 Å². The first kappa shape index (κ1) is 14.5. The molecule has 2 aromatic heterocycles. The first-order valence-corrected chi connectivity index (χ1v) is 8.73. The summed E-state index contributed by atoms with van der Waals surface area (Å²) in [6.07, 6.45) is 3.42. The number of hydrogen-bond acceptors (Lipinski definition) is 5. The first-order chi connectivity index (χ1) is 11.2. The number of anilines is 1. The normalized spacial score (nSPS) is 15.2. The van der Waals surface area contributed by atoms with E-state index in [1.165, 1.54) is 17.8 Å². The van der Waals surface area contributed by atoms with E-state index in [4.69, 9.17) is 22.0 Å². The largest absolute Gasteiger partial charge is 0.355 e. The number of halogens is 1. The highest BCUT2D eigenvalue weighted by Crippen LogP contribution is 2.29. The van der Waals surface area contributed by atoms with E-state index in [0.29, 0.717) is 16.4 Å². The topological polar surface area (TPSA) is 68.2 Å². The molecule has 0 aliphatic carbocycles. The van der Waals surface area contributed by atoms with Crippen molar-refractivity contribution in [2.45, 2.75) is 19.3 Å². The Balaban J connectivity index is 2.04. The van der Waals surface area contributed by atoms with E-state index in [0.717, 1.165) is 41.1 Å². The quantitative estimate of drug-likeness (QED) is 0.734. The van der Waals surface area contributed by atoms with Gasteiger partial charge in [-0.1, -0.05) is 22.9 Å². The lowest BCUT2D eigenvalue weighted by Crippen LogP contribution is -2.33. The van der Waals surface area contributed by atoms with Gasteiger partial charge in [0, 0.05) is 18.1 Å². The lowest BCUT2D eigenvalue weighted by molar-refractivity contribution is 0.572. The van der Waals surface area contributed by atoms with Crippen molar-refractivity contribution in [2.24, 2.45) is 0 Å². The zero-order chi connectivity index (χ0) is 16.0. The van der Waals surface area contributed by atoms with Gasteiger partial charge in [0.25, 0.3) is 0 Å². The van der Waals surface area contributed by atoms with E-state index >= 15 is 0 Å². The summed E-state index contributed by atoms with van der Waals surface area (Å²) in [5, 5.41) is 18.7. The Bertz CT molecular complexity index is 1010. The Morgan fingerprint density at radius 1 is 1.26 bits per heavy atom. The molecule has 116 valence electrons. The number of piperidine rings is 1. The summed E-state index contributed by atoms with van der Waals surface area (Å²) < 4.78 is 2.71. The van der Waals surface area contributed by atoms with Gasteiger partial charge in [0.05, 0.1) is 10.2 Å². The number of nitrogens with one attached hydrogen (secondary N) is 1. The monoisotopic (exact) mass is 343 g/mol. The minimum absolute atomic E-state index is 0.201. The minimum atomic E-state index is 0.201. The van der Waals surface area contributed by atoms with Crippen LogP contribution in [0.5, 0.6) is 0 Å². The lowest BCUT2D eigenvalue weighted by Gasteiger charge is -2.28. The average molecular weight is 344 g/mol. The van der Waals surface area contributed by atoms with Crippen LogP contribution in [0.3, 0.4) is 0 Å². The number of thiazole rings is 1. The van der Waals surface area contributed by atoms with Gasteiger partial charge in [-0.05, 0) is 37.5 Å². The maximum Gasteiger partial charge on any atom is 0.198 e. The summed E-state index contributed by atoms with van der Waals surface area (Å²) in [5.41, 5.74) is 1.42. The number of hydrogen-bond donors (Lipinski definition) is 1. The Hall–Kier alpha value is -2.10. The Kier molecular flexibility index (Phi) is 3.47. The molecule has 0 saturated carbocycles. The molecule has 1 aromatic carbocycles. The number of rotatable bonds is 1. The van der Waals surface area contributed by atoms with Crippen molar-refractivity contribution >= 4 is 43.9 Å². The van der Waals surface area contributed by atoms with Crippen molar-refractivity contribution in [3.8, 4) is 6.07 Å². The summed E-state index contributed by atoms with van der Waals surface area (Å²) in [6.45, 7) is 1.79. The molecule has 1 fully saturated rings. The predicted octanol–water partition coefficient (Wildman–Crippen LogP) is 3.54. The molecule has 0 spiro atoms. The molecule has 1 aliphatic rings. The Labute approximate surface area is 141 Å². The van der Waals surface area contributed by atoms with Gasteiger partial charge in [-0.2, -0.15) is 5.26 Å². The lowest BCUT2D eigenvalue weighted by atomic mass is 10.1. The van der Waals surface area contributed by atoms with Crippen LogP contribution in [0.1, 0.15) is 24.8 Å². The maximum absolute atomic E-state index is 9.58. The van der Waals surface area contributed by atoms with E-state index in [-0.39, 0.29) is 5.49 Å². The van der Waals surface area contributed by atoms with Gasteiger partial charge >= 0.3 is 0 Å². The SMILES string of the molecule is N#Cc1c(N2CCCCC2)nc2sc3cc(Cl)ccc3n2c1=N. The number of nitriles is 1. The molecule has 4 rings (SSSR count). The van der Waals surface area contributed by atoms with E-state index < -0.39 is 0 Å². The molecular weight excluding hydrogens is 330 g/mol. The summed E-state index contributed by atoms with van der Waals surface area (Å²) >= 11 is 7.57. The van der Waals surface area contributed by atoms with Crippen molar-refractivity contribution in [1.29, 1.82) is 10.7 Å². The molecule has 3 aromatic rings. The van der Waals surface area contributed by atoms with Gasteiger partial charge in [-0.15, -0.1) is 0 Å². The second-order valence-corrected chi connectivity index (χ2v) is 7.10. The van der Waals surface area contributed by atoms with Crippen LogP contribution < -0.4 is 10.4 Å². The van der Waals surface area contributed by atoms with Crippen LogP contribution in [-0.4, -0.2) is 22.5 Å². The zero-order valence-electron chi connectivity index (χ0n) is 12.3. The number of aromatic nitrogens is 2. The van der Waals surface area contributed by atoms with Gasteiger partial charge in [0.15, 0.2) is 16.3 Å². The van der Waals surface area contributed by atoms with Gasteiger partial charge in [0.2, 0.25) is 0 Å². The molecular formula is C16H14ClN5S. The summed E-state index contributed by atoms with van der Waals surface area (Å²) in [6, 6.07) is 7.74. The van der Waals surface area contributed by atoms with Gasteiger partial charge in [-0.3, -0.25) is 9.81 Å². The highest BCUT2D eigenvalue weighted by Gasteiger charge is 2.20. The predicted molar refractivity (Wildman–Crippen MR) is 92.2 cm³/mol. The van der Waals surface area contributed by atoms with Crippen LogP contribution in [0.15, 0.2) is 18.2 Å². The summed E-state index contributed by atoms with van der Waals surface area (Å²) in [5.74, 6) is 0.648. The van der Waals surface area contributed by atoms with Crippen molar-refractivity contribution in [3.05, 3.63) is 34.3 Å². The number of nitrogens with zero attached hydrogens (tertiary/aromatic N) is 4. The molecule has 23 heavy (non-hydrogen) atoms. The zero-order valence-corrected chi connectivity index (χ0v) is 13.9. The van der Waals surface area contributed by atoms with Crippen LogP contribution >= 0.6 is 22.9 Å². The molecule has 0 atom stereocenters. The van der Waals surface area contributed by atoms with Gasteiger partial charge < -0.3 is 4.90 Å². The fourth-order valence-corrected chi connectivity index (χ4v) is 4.39. The molecule has 1 aliphatic heterocycles. The first-order valence-electron chi connectivity index (χ1n) is 7.53. The highest BCUT2D eigenvalue weighted by molar-refractivity contribution is 7.23. The summed E-state index contributed by atoms with van der Waals surface area (Å²) in [7, 11) is 0. The van der Waals surface area contributed by atoms with Crippen molar-refractivity contribution < 1.29 is 0 Å². The van der Waals surface area contributed by atoms with E-state index in [1.54, 1.807) is 10.5 Å². The van der Waals surface area contributed by atoms with Crippen molar-refractivity contribution in [3.63, 3.8) is 0 Å². The molecule has 1 saturated heterocycles. The molecule has 0 amide bonds. The number of benzene rings is 1. The third-order valence-corrected chi connectivity index (χ3v) is 5.45. The Morgan fingerprint density at radius 2 is 2.04 bits per heavy atom.